The van der Waals surface area contributed by atoms with Gasteiger partial charge in [-0.05, 0) is 60.5 Å². The molecule has 1 amide bonds. The van der Waals surface area contributed by atoms with E-state index in [0.717, 1.165) is 11.3 Å². The summed E-state index contributed by atoms with van der Waals surface area (Å²) in [6, 6.07) is 16.1. The predicted octanol–water partition coefficient (Wildman–Crippen LogP) is 3.73. The molecule has 1 fully saturated rings. The lowest BCUT2D eigenvalue weighted by atomic mass is 9.94. The average Bonchev–Trinajstić information content (AvgIpc) is 3.30. The number of Topliss-reactive ketones (excluding diaryl/α,β-unsaturated/α-hetero) is 1. The molecule has 5 rings (SSSR count). The number of phenolic OH excluding ortho intramolecular Hbond substituents is 1. The molecule has 2 atom stereocenters. The van der Waals surface area contributed by atoms with Crippen molar-refractivity contribution in [1.29, 1.82) is 0 Å². The minimum Gasteiger partial charge on any atom is -0.508 e. The molecule has 1 saturated heterocycles. The maximum Gasteiger partial charge on any atom is 0.296 e. The first-order valence-corrected chi connectivity index (χ1v) is 10.7. The number of likely N-dealkylation sites (tertiary alicyclic amines) is 1. The third kappa shape index (κ3) is 3.71. The Kier molecular flexibility index (Phi) is 5.09. The van der Waals surface area contributed by atoms with Gasteiger partial charge in [0.2, 0.25) is 0 Å². The monoisotopic (exact) mass is 442 g/mol. The van der Waals surface area contributed by atoms with Crippen LogP contribution < -0.4 is 4.74 Å². The van der Waals surface area contributed by atoms with E-state index < -0.39 is 17.7 Å². The van der Waals surface area contributed by atoms with Crippen LogP contribution in [0.25, 0.3) is 5.76 Å². The molecule has 7 nitrogen and oxygen atoms in total. The van der Waals surface area contributed by atoms with Gasteiger partial charge in [-0.25, -0.2) is 0 Å². The van der Waals surface area contributed by atoms with E-state index in [-0.39, 0.29) is 29.7 Å². The van der Waals surface area contributed by atoms with Gasteiger partial charge in [-0.2, -0.15) is 0 Å². The van der Waals surface area contributed by atoms with Gasteiger partial charge in [-0.1, -0.05) is 18.2 Å². The van der Waals surface area contributed by atoms with E-state index in [9.17, 15) is 19.8 Å². The first-order valence-electron chi connectivity index (χ1n) is 10.7. The van der Waals surface area contributed by atoms with E-state index in [1.807, 2.05) is 6.92 Å². The number of pyridine rings is 1. The van der Waals surface area contributed by atoms with Crippen molar-refractivity contribution in [3.8, 4) is 11.5 Å². The number of aliphatic hydroxyl groups excluding tert-OH is 1. The Hall–Kier alpha value is -4.13. The molecule has 0 bridgehead atoms. The van der Waals surface area contributed by atoms with Gasteiger partial charge in [0.1, 0.15) is 23.4 Å². The van der Waals surface area contributed by atoms with Gasteiger partial charge >= 0.3 is 0 Å². The molecule has 166 valence electrons. The van der Waals surface area contributed by atoms with E-state index in [2.05, 4.69) is 4.98 Å². The molecule has 3 heterocycles. The van der Waals surface area contributed by atoms with Gasteiger partial charge in [-0.3, -0.25) is 14.6 Å². The van der Waals surface area contributed by atoms with Crippen molar-refractivity contribution in [3.63, 3.8) is 0 Å². The second-order valence-corrected chi connectivity index (χ2v) is 8.30. The fourth-order valence-electron chi connectivity index (χ4n) is 4.48. The number of ketones is 1. The molecule has 2 aliphatic heterocycles. The number of hydrogen-bond donors (Lipinski definition) is 2. The quantitative estimate of drug-likeness (QED) is 0.363. The van der Waals surface area contributed by atoms with Crippen LogP contribution in [0, 0.1) is 0 Å². The molecule has 3 aromatic rings. The Balaban J connectivity index is 1.64. The van der Waals surface area contributed by atoms with Gasteiger partial charge in [0.25, 0.3) is 11.7 Å². The van der Waals surface area contributed by atoms with Crippen LogP contribution in [0.5, 0.6) is 11.5 Å². The number of carbonyl (C=O) groups is 2. The number of amides is 1. The number of hydrogen-bond acceptors (Lipinski definition) is 6. The summed E-state index contributed by atoms with van der Waals surface area (Å²) in [7, 11) is 0. The molecular formula is C26H22N2O5. The molecule has 7 heteroatoms. The highest BCUT2D eigenvalue weighted by Crippen LogP contribution is 2.41. The van der Waals surface area contributed by atoms with E-state index >= 15 is 0 Å². The lowest BCUT2D eigenvalue weighted by Crippen LogP contribution is -2.29. The molecular weight excluding hydrogens is 420 g/mol. The smallest absolute Gasteiger partial charge is 0.296 e. The summed E-state index contributed by atoms with van der Waals surface area (Å²) in [4.78, 5) is 31.9. The first kappa shape index (κ1) is 20.8. The Morgan fingerprint density at radius 3 is 2.73 bits per heavy atom. The minimum absolute atomic E-state index is 0.000379. The summed E-state index contributed by atoms with van der Waals surface area (Å²) >= 11 is 0. The van der Waals surface area contributed by atoms with Crippen molar-refractivity contribution < 1.29 is 24.5 Å². The van der Waals surface area contributed by atoms with Gasteiger partial charge in [0, 0.05) is 18.2 Å². The molecule has 2 aliphatic rings. The number of phenols is 1. The Morgan fingerprint density at radius 2 is 1.97 bits per heavy atom. The number of benzene rings is 2. The number of nitrogens with zero attached hydrogens (tertiary/aromatic N) is 2. The van der Waals surface area contributed by atoms with Crippen LogP contribution in [0.3, 0.4) is 0 Å². The maximum absolute atomic E-state index is 13.2. The number of fused-ring (bicyclic) bond motifs is 1. The molecule has 0 saturated carbocycles. The summed E-state index contributed by atoms with van der Waals surface area (Å²) in [5.74, 6) is -1.01. The Bertz CT molecular complexity index is 1280. The maximum atomic E-state index is 13.2. The Labute approximate surface area is 190 Å². The van der Waals surface area contributed by atoms with E-state index in [0.29, 0.717) is 23.2 Å². The second-order valence-electron chi connectivity index (χ2n) is 8.30. The molecule has 33 heavy (non-hydrogen) atoms. The Morgan fingerprint density at radius 1 is 1.12 bits per heavy atom. The van der Waals surface area contributed by atoms with Crippen molar-refractivity contribution in [1.82, 2.24) is 9.88 Å². The SMILES string of the molecule is CC1Cc2cc(/C(O)=C3/C(=O)C(=O)N(Cc4ccccn4)C3c3cccc(O)c3)ccc2O1. The zero-order valence-electron chi connectivity index (χ0n) is 17.9. The fourth-order valence-corrected chi connectivity index (χ4v) is 4.48. The van der Waals surface area contributed by atoms with Crippen molar-refractivity contribution in [2.45, 2.75) is 32.0 Å². The number of ether oxygens (including phenoxy) is 1. The molecule has 2 unspecified atom stereocenters. The summed E-state index contributed by atoms with van der Waals surface area (Å²) in [5.41, 5.74) is 2.47. The summed E-state index contributed by atoms with van der Waals surface area (Å²) in [6.07, 6.45) is 2.34. The van der Waals surface area contributed by atoms with Crippen LogP contribution in [-0.2, 0) is 22.6 Å². The van der Waals surface area contributed by atoms with Gasteiger partial charge in [-0.15, -0.1) is 0 Å². The van der Waals surface area contributed by atoms with Crippen LogP contribution in [0.4, 0.5) is 0 Å². The van der Waals surface area contributed by atoms with Crippen LogP contribution >= 0.6 is 0 Å². The number of aromatic hydroxyl groups is 1. The highest BCUT2D eigenvalue weighted by Gasteiger charge is 2.46. The normalized spacial score (nSPS) is 21.2. The van der Waals surface area contributed by atoms with Crippen molar-refractivity contribution >= 4 is 17.4 Å². The van der Waals surface area contributed by atoms with Crippen LogP contribution in [-0.4, -0.2) is 37.9 Å². The van der Waals surface area contributed by atoms with Crippen molar-refractivity contribution in [2.24, 2.45) is 0 Å². The molecule has 0 aliphatic carbocycles. The predicted molar refractivity (Wildman–Crippen MR) is 120 cm³/mol. The third-order valence-corrected chi connectivity index (χ3v) is 5.95. The number of aliphatic hydroxyl groups is 1. The first-order chi connectivity index (χ1) is 15.9. The molecule has 1 aromatic heterocycles. The van der Waals surface area contributed by atoms with Crippen molar-refractivity contribution in [2.75, 3.05) is 0 Å². The zero-order chi connectivity index (χ0) is 23.1. The van der Waals surface area contributed by atoms with E-state index in [1.165, 1.54) is 17.0 Å². The number of rotatable bonds is 4. The highest BCUT2D eigenvalue weighted by atomic mass is 16.5. The van der Waals surface area contributed by atoms with E-state index in [4.69, 9.17) is 4.74 Å². The molecule has 0 radical (unpaired) electrons. The second kappa shape index (κ2) is 8.09. The number of carbonyl (C=O) groups excluding carboxylic acids is 2. The standard InChI is InChI=1S/C26H22N2O5/c1-15-11-18-12-17(8-9-21(18)33-15)24(30)22-23(16-5-4-7-20(29)13-16)28(26(32)25(22)31)14-19-6-2-3-10-27-19/h2-10,12-13,15,23,29-30H,11,14H2,1H3/b24-22-. The topological polar surface area (TPSA) is 100.0 Å². The number of aromatic nitrogens is 1. The fraction of sp³-hybridized carbons (Fsp3) is 0.192. The van der Waals surface area contributed by atoms with Gasteiger partial charge in [0.05, 0.1) is 23.9 Å². The van der Waals surface area contributed by atoms with Crippen LogP contribution in [0.2, 0.25) is 0 Å². The van der Waals surface area contributed by atoms with Gasteiger partial charge in [0.15, 0.2) is 0 Å². The molecule has 2 aromatic carbocycles. The largest absolute Gasteiger partial charge is 0.508 e. The van der Waals surface area contributed by atoms with Crippen molar-refractivity contribution in [3.05, 3.63) is 94.8 Å². The van der Waals surface area contributed by atoms with E-state index in [1.54, 1.807) is 54.7 Å². The minimum atomic E-state index is -0.873. The highest BCUT2D eigenvalue weighted by molar-refractivity contribution is 6.46. The molecule has 2 N–H and O–H groups in total. The average molecular weight is 442 g/mol. The zero-order valence-corrected chi connectivity index (χ0v) is 17.9. The molecule has 0 spiro atoms. The lowest BCUT2D eigenvalue weighted by Gasteiger charge is -2.25. The summed E-state index contributed by atoms with van der Waals surface area (Å²) < 4.78 is 5.73. The van der Waals surface area contributed by atoms with Gasteiger partial charge < -0.3 is 19.8 Å². The third-order valence-electron chi connectivity index (χ3n) is 5.95. The summed E-state index contributed by atoms with van der Waals surface area (Å²) in [6.45, 7) is 2.04. The van der Waals surface area contributed by atoms with Crippen LogP contribution in [0.15, 0.2) is 72.4 Å². The van der Waals surface area contributed by atoms with Crippen LogP contribution in [0.1, 0.15) is 35.3 Å². The summed E-state index contributed by atoms with van der Waals surface area (Å²) in [5, 5.41) is 21.3. The lowest BCUT2D eigenvalue weighted by molar-refractivity contribution is -0.140.